The molecule has 1 spiro atoms. The minimum Gasteiger partial charge on any atom is -0.496 e. The highest BCUT2D eigenvalue weighted by atomic mass is 16.6. The van der Waals surface area contributed by atoms with Gasteiger partial charge in [-0.1, -0.05) is 26.0 Å². The molecule has 10 atom stereocenters. The van der Waals surface area contributed by atoms with E-state index in [1.165, 1.54) is 38.2 Å². The van der Waals surface area contributed by atoms with Gasteiger partial charge < -0.3 is 39.0 Å². The molecule has 336 valence electrons. The molecular formula is C46H55N5O12. The number of hydrogen-bond acceptors (Lipinski definition) is 14. The first-order valence-electron chi connectivity index (χ1n) is 21.8. The Balaban J connectivity index is 1.39. The van der Waals surface area contributed by atoms with E-state index in [0.717, 1.165) is 12.7 Å². The zero-order valence-corrected chi connectivity index (χ0v) is 36.5. The van der Waals surface area contributed by atoms with E-state index >= 15 is 4.79 Å². The van der Waals surface area contributed by atoms with Gasteiger partial charge in [0.2, 0.25) is 12.0 Å². The van der Waals surface area contributed by atoms with E-state index in [9.17, 15) is 34.7 Å². The Kier molecular flexibility index (Phi) is 10.1. The van der Waals surface area contributed by atoms with Crippen LogP contribution in [0.5, 0.6) is 5.75 Å². The second kappa shape index (κ2) is 14.9. The number of nitro groups is 1. The Morgan fingerprint density at radius 3 is 2.41 bits per heavy atom. The van der Waals surface area contributed by atoms with Crippen molar-refractivity contribution in [3.8, 4) is 5.75 Å². The van der Waals surface area contributed by atoms with Crippen molar-refractivity contribution in [2.75, 3.05) is 59.0 Å². The third-order valence-electron chi connectivity index (χ3n) is 15.8. The number of benzene rings is 2. The Bertz CT molecular complexity index is 2470. The number of rotatable bonds is 9. The normalized spacial score (nSPS) is 35.2. The van der Waals surface area contributed by atoms with Gasteiger partial charge in [0.25, 0.3) is 5.69 Å². The number of nitro benzene ring substituents is 1. The van der Waals surface area contributed by atoms with Gasteiger partial charge in [-0.15, -0.1) is 0 Å². The quantitative estimate of drug-likeness (QED) is 0.0703. The summed E-state index contributed by atoms with van der Waals surface area (Å²) in [5, 5.41) is 38.1. The summed E-state index contributed by atoms with van der Waals surface area (Å²) in [4.78, 5) is 77.5. The maximum Gasteiger partial charge on any atom is 0.344 e. The lowest BCUT2D eigenvalue weighted by atomic mass is 9.47. The van der Waals surface area contributed by atoms with E-state index < -0.39 is 68.5 Å². The van der Waals surface area contributed by atoms with Gasteiger partial charge >= 0.3 is 17.9 Å². The molecule has 2 aromatic carbocycles. The number of fused-ring (bicyclic) bond motifs is 6. The summed E-state index contributed by atoms with van der Waals surface area (Å²) in [5.41, 5.74) is -4.88. The molecule has 1 amide bonds. The lowest BCUT2D eigenvalue weighted by Gasteiger charge is -2.63. The molecule has 17 nitrogen and oxygen atoms in total. The summed E-state index contributed by atoms with van der Waals surface area (Å²) in [6.45, 7) is 7.62. The number of nitrogens with one attached hydrogen (secondary N) is 1. The molecule has 5 aliphatic heterocycles. The molecule has 1 unspecified atom stereocenters. The van der Waals surface area contributed by atoms with Crippen LogP contribution in [0.25, 0.3) is 10.9 Å². The number of H-pyrrole nitrogens is 1. The molecule has 3 N–H and O–H groups in total. The van der Waals surface area contributed by atoms with Gasteiger partial charge in [-0.25, -0.2) is 4.79 Å². The molecule has 1 aromatic heterocycles. The monoisotopic (exact) mass is 869 g/mol. The van der Waals surface area contributed by atoms with Gasteiger partial charge in [0.05, 0.1) is 49.1 Å². The molecule has 6 heterocycles. The number of amides is 1. The van der Waals surface area contributed by atoms with Crippen LogP contribution in [0.4, 0.5) is 11.4 Å². The summed E-state index contributed by atoms with van der Waals surface area (Å²) in [7, 11) is 3.91. The Labute approximate surface area is 364 Å². The van der Waals surface area contributed by atoms with Gasteiger partial charge in [0.15, 0.2) is 6.10 Å². The standard InChI is InChI=1S/C46H55N5O12/c1-7-42(56)21-27-22-45(40(54)61-5,36-30(12-16-48(23-27)24-42)29-11-10-28(51(58)59)18-33(29)47-36)32-19-31-34(20-35(32)60-4)50(25-52)38-44(31)14-17-49-15-9-13-43(8-2,37(44)49)39(63-26(3)53)46(38,57)41(55)62-6/h9-11,13,18-20,25,27,37-39,47,56-57H,7-8,12,14-17,21-24H2,1-6H3/t27-,37-,38+,39+,42-,43+,44+,45-,46-/m0/s1. The number of hydrogen-bond donors (Lipinski definition) is 3. The maximum absolute atomic E-state index is 15.4. The summed E-state index contributed by atoms with van der Waals surface area (Å²) < 4.78 is 23.6. The van der Waals surface area contributed by atoms with Crippen molar-refractivity contribution < 1.29 is 53.3 Å². The molecule has 17 heteroatoms. The second-order valence-corrected chi connectivity index (χ2v) is 18.5. The van der Waals surface area contributed by atoms with Crippen molar-refractivity contribution in [1.82, 2.24) is 14.8 Å². The molecule has 63 heavy (non-hydrogen) atoms. The number of aromatic nitrogens is 1. The average Bonchev–Trinajstić information content (AvgIpc) is 3.95. The van der Waals surface area contributed by atoms with Crippen LogP contribution in [-0.2, 0) is 50.6 Å². The molecule has 9 rings (SSSR count). The number of nitrogens with zero attached hydrogens (tertiary/aromatic N) is 4. The summed E-state index contributed by atoms with van der Waals surface area (Å²) in [6, 6.07) is 6.26. The number of aliphatic hydroxyl groups is 2. The SMILES string of the molecule is CC[C@]1(O)C[C@@H]2CN(CCc3c([nH]c4cc([N+](=O)[O-])ccc34)[C@@](C(=O)OC)(c3cc4c(cc3OC)N(C=O)[C@H]3[C@@](O)(C(=O)OC)[C@H](OC(C)=O)[C@]5(CC)C=CCN6CC[C@]43[C@@H]65)C2)C1. The number of esters is 3. The topological polar surface area (TPSA) is 214 Å². The number of aromatic amines is 1. The molecule has 0 radical (unpaired) electrons. The van der Waals surface area contributed by atoms with Crippen molar-refractivity contribution in [3.63, 3.8) is 0 Å². The fourth-order valence-electron chi connectivity index (χ4n) is 13.5. The number of non-ortho nitro benzene ring substituents is 1. The zero-order valence-electron chi connectivity index (χ0n) is 36.5. The number of anilines is 1. The van der Waals surface area contributed by atoms with Crippen LogP contribution < -0.4 is 9.64 Å². The van der Waals surface area contributed by atoms with Crippen LogP contribution in [0.3, 0.4) is 0 Å². The molecular weight excluding hydrogens is 815 g/mol. The number of ether oxygens (including phenoxy) is 4. The van der Waals surface area contributed by atoms with Gasteiger partial charge in [0, 0.05) is 84.8 Å². The second-order valence-electron chi connectivity index (χ2n) is 18.5. The molecule has 1 aliphatic carbocycles. The first kappa shape index (κ1) is 42.9. The summed E-state index contributed by atoms with van der Waals surface area (Å²) in [6.07, 6.45) is 5.07. The first-order chi connectivity index (χ1) is 30.1. The lowest BCUT2D eigenvalue weighted by molar-refractivity contribution is -0.384. The maximum atomic E-state index is 15.4. The highest BCUT2D eigenvalue weighted by Crippen LogP contribution is 2.68. The number of methoxy groups -OCH3 is 3. The molecule has 2 saturated heterocycles. The van der Waals surface area contributed by atoms with E-state index in [4.69, 9.17) is 18.9 Å². The summed E-state index contributed by atoms with van der Waals surface area (Å²) >= 11 is 0. The van der Waals surface area contributed by atoms with Crippen molar-refractivity contribution in [2.24, 2.45) is 11.3 Å². The fourth-order valence-corrected chi connectivity index (χ4v) is 13.5. The van der Waals surface area contributed by atoms with Crippen LogP contribution >= 0.6 is 0 Å². The number of carbonyl (C=O) groups excluding carboxylic acids is 4. The van der Waals surface area contributed by atoms with Crippen LogP contribution in [0.1, 0.15) is 75.3 Å². The number of carbonyl (C=O) groups is 4. The first-order valence-corrected chi connectivity index (χ1v) is 21.8. The Hall–Kier alpha value is -5.36. The molecule has 3 aromatic rings. The van der Waals surface area contributed by atoms with Gasteiger partial charge in [-0.2, -0.15) is 0 Å². The Morgan fingerprint density at radius 1 is 1.00 bits per heavy atom. The van der Waals surface area contributed by atoms with E-state index in [1.807, 2.05) is 32.1 Å². The largest absolute Gasteiger partial charge is 0.496 e. The average molecular weight is 870 g/mol. The van der Waals surface area contributed by atoms with Crippen molar-refractivity contribution >= 4 is 46.6 Å². The predicted octanol–water partition coefficient (Wildman–Crippen LogP) is 3.43. The fraction of sp³-hybridized carbons (Fsp3) is 0.565. The van der Waals surface area contributed by atoms with Crippen LogP contribution in [0.15, 0.2) is 42.5 Å². The van der Waals surface area contributed by atoms with Crippen LogP contribution in [0, 0.1) is 21.4 Å². The summed E-state index contributed by atoms with van der Waals surface area (Å²) in [5.74, 6) is -2.50. The lowest BCUT2D eigenvalue weighted by Crippen LogP contribution is -2.81. The molecule has 3 fully saturated rings. The van der Waals surface area contributed by atoms with E-state index in [0.29, 0.717) is 105 Å². The van der Waals surface area contributed by atoms with E-state index in [2.05, 4.69) is 14.8 Å². The van der Waals surface area contributed by atoms with E-state index in [1.54, 1.807) is 12.1 Å². The smallest absolute Gasteiger partial charge is 0.344 e. The molecule has 6 aliphatic rings. The Morgan fingerprint density at radius 2 is 1.76 bits per heavy atom. The highest BCUT2D eigenvalue weighted by molar-refractivity contribution is 5.97. The van der Waals surface area contributed by atoms with Gasteiger partial charge in [-0.3, -0.25) is 34.3 Å². The zero-order chi connectivity index (χ0) is 45.0. The molecule has 1 saturated carbocycles. The minimum absolute atomic E-state index is 0.126. The third kappa shape index (κ3) is 5.67. The van der Waals surface area contributed by atoms with Crippen molar-refractivity contribution in [2.45, 2.75) is 99.5 Å². The minimum atomic E-state index is -2.59. The number of piperidine rings is 1. The van der Waals surface area contributed by atoms with E-state index in [-0.39, 0.29) is 23.8 Å². The highest BCUT2D eigenvalue weighted by Gasteiger charge is 2.81. The van der Waals surface area contributed by atoms with Crippen LogP contribution in [-0.4, -0.2) is 138 Å². The predicted molar refractivity (Wildman–Crippen MR) is 227 cm³/mol. The van der Waals surface area contributed by atoms with Crippen molar-refractivity contribution in [3.05, 3.63) is 75.0 Å². The third-order valence-corrected chi connectivity index (χ3v) is 15.8. The van der Waals surface area contributed by atoms with Gasteiger partial charge in [-0.05, 0) is 74.2 Å². The van der Waals surface area contributed by atoms with Crippen LogP contribution in [0.2, 0.25) is 0 Å². The van der Waals surface area contributed by atoms with Crippen molar-refractivity contribution in [1.29, 1.82) is 0 Å². The van der Waals surface area contributed by atoms with Gasteiger partial charge in [0.1, 0.15) is 11.2 Å². The molecule has 2 bridgehead atoms.